The fraction of sp³-hybridized carbons (Fsp3) is 0.130. The van der Waals surface area contributed by atoms with E-state index in [1.165, 1.54) is 0 Å². The molecule has 4 nitrogen and oxygen atoms in total. The normalized spacial score (nSPS) is 10.4. The van der Waals surface area contributed by atoms with Crippen molar-refractivity contribution in [1.29, 1.82) is 0 Å². The van der Waals surface area contributed by atoms with E-state index in [1.807, 2.05) is 54.6 Å². The lowest BCUT2D eigenvalue weighted by molar-refractivity contribution is -0.116. The lowest BCUT2D eigenvalue weighted by Gasteiger charge is -2.17. The van der Waals surface area contributed by atoms with Crippen LogP contribution in [0.3, 0.4) is 0 Å². The van der Waals surface area contributed by atoms with Gasteiger partial charge in [-0.05, 0) is 48.4 Å². The van der Waals surface area contributed by atoms with Crippen LogP contribution in [-0.2, 0) is 11.2 Å². The van der Waals surface area contributed by atoms with E-state index < -0.39 is 0 Å². The summed E-state index contributed by atoms with van der Waals surface area (Å²) in [5, 5.41) is 3.51. The summed E-state index contributed by atoms with van der Waals surface area (Å²) < 4.78 is 0. The van der Waals surface area contributed by atoms with Crippen molar-refractivity contribution >= 4 is 34.8 Å². The number of nitrogens with zero attached hydrogens (tertiary/aromatic N) is 1. The Balaban J connectivity index is 1.63. The Labute approximate surface area is 169 Å². The van der Waals surface area contributed by atoms with Gasteiger partial charge in [-0.2, -0.15) is 0 Å². The Morgan fingerprint density at radius 2 is 1.64 bits per heavy atom. The van der Waals surface area contributed by atoms with E-state index >= 15 is 0 Å². The van der Waals surface area contributed by atoms with Gasteiger partial charge in [0.05, 0.1) is 0 Å². The monoisotopic (exact) mass is 392 g/mol. The van der Waals surface area contributed by atoms with E-state index in [0.29, 0.717) is 29.1 Å². The van der Waals surface area contributed by atoms with Gasteiger partial charge in [0, 0.05) is 35.4 Å². The number of nitrogens with one attached hydrogen (secondary N) is 1. The number of para-hydroxylation sites is 1. The van der Waals surface area contributed by atoms with E-state index in [2.05, 4.69) is 5.32 Å². The molecule has 2 amide bonds. The first-order valence-electron chi connectivity index (χ1n) is 9.01. The van der Waals surface area contributed by atoms with Crippen molar-refractivity contribution in [2.45, 2.75) is 12.8 Å². The molecule has 0 unspecified atom stereocenters. The Morgan fingerprint density at radius 3 is 2.39 bits per heavy atom. The van der Waals surface area contributed by atoms with E-state index in [0.717, 1.165) is 11.3 Å². The molecule has 0 heterocycles. The molecule has 0 saturated carbocycles. The van der Waals surface area contributed by atoms with Crippen molar-refractivity contribution in [3.63, 3.8) is 0 Å². The molecule has 5 heteroatoms. The van der Waals surface area contributed by atoms with Gasteiger partial charge in [-0.1, -0.05) is 54.1 Å². The fourth-order valence-corrected chi connectivity index (χ4v) is 3.10. The first-order chi connectivity index (χ1) is 13.5. The summed E-state index contributed by atoms with van der Waals surface area (Å²) in [6.07, 6.45) is 0.868. The van der Waals surface area contributed by atoms with E-state index in [9.17, 15) is 9.59 Å². The van der Waals surface area contributed by atoms with E-state index in [1.54, 1.807) is 36.2 Å². The Kier molecular flexibility index (Phi) is 6.45. The Hall–Kier alpha value is -3.11. The first-order valence-corrected chi connectivity index (χ1v) is 9.39. The van der Waals surface area contributed by atoms with Crippen molar-refractivity contribution < 1.29 is 9.59 Å². The zero-order valence-electron chi connectivity index (χ0n) is 15.6. The van der Waals surface area contributed by atoms with Crippen molar-refractivity contribution in [2.24, 2.45) is 0 Å². The number of hydrogen-bond donors (Lipinski definition) is 1. The number of carbonyl (C=O) groups excluding carboxylic acids is 2. The van der Waals surface area contributed by atoms with Gasteiger partial charge in [-0.3, -0.25) is 9.59 Å². The summed E-state index contributed by atoms with van der Waals surface area (Å²) in [4.78, 5) is 26.6. The fourth-order valence-electron chi connectivity index (χ4n) is 2.87. The summed E-state index contributed by atoms with van der Waals surface area (Å²) in [5.41, 5.74) is 2.85. The van der Waals surface area contributed by atoms with Crippen LogP contribution in [0.4, 0.5) is 11.4 Å². The van der Waals surface area contributed by atoms with Crippen LogP contribution in [0.1, 0.15) is 22.3 Å². The van der Waals surface area contributed by atoms with E-state index in [4.69, 9.17) is 11.6 Å². The van der Waals surface area contributed by atoms with Crippen LogP contribution in [0.2, 0.25) is 5.02 Å². The number of aryl methyl sites for hydroxylation is 1. The molecular formula is C23H21ClN2O2. The molecule has 0 aliphatic carbocycles. The quantitative estimate of drug-likeness (QED) is 0.627. The topological polar surface area (TPSA) is 49.4 Å². The largest absolute Gasteiger partial charge is 0.326 e. The van der Waals surface area contributed by atoms with Gasteiger partial charge in [0.2, 0.25) is 5.91 Å². The zero-order chi connectivity index (χ0) is 19.9. The second kappa shape index (κ2) is 9.20. The minimum atomic E-state index is -0.140. The first kappa shape index (κ1) is 19.6. The number of benzene rings is 3. The van der Waals surface area contributed by atoms with Crippen LogP contribution < -0.4 is 10.2 Å². The standard InChI is InChI=1S/C23H21ClN2O2/c1-26(20-11-3-2-4-12-20)23(28)18-9-7-10-19(16-18)25-22(27)15-14-17-8-5-6-13-21(17)24/h2-13,16H,14-15H2,1H3,(H,25,27). The summed E-state index contributed by atoms with van der Waals surface area (Å²) in [7, 11) is 1.73. The molecule has 1 N–H and O–H groups in total. The molecule has 0 fully saturated rings. The van der Waals surface area contributed by atoms with Crippen LogP contribution >= 0.6 is 11.6 Å². The number of hydrogen-bond acceptors (Lipinski definition) is 2. The number of rotatable bonds is 6. The van der Waals surface area contributed by atoms with Crippen molar-refractivity contribution in [1.82, 2.24) is 0 Å². The lowest BCUT2D eigenvalue weighted by atomic mass is 10.1. The van der Waals surface area contributed by atoms with Gasteiger partial charge in [0.1, 0.15) is 0 Å². The van der Waals surface area contributed by atoms with Crippen LogP contribution in [0, 0.1) is 0 Å². The van der Waals surface area contributed by atoms with Crippen LogP contribution in [0.5, 0.6) is 0 Å². The number of anilines is 2. The van der Waals surface area contributed by atoms with Crippen molar-refractivity contribution in [2.75, 3.05) is 17.3 Å². The third-order valence-electron chi connectivity index (χ3n) is 4.42. The molecular weight excluding hydrogens is 372 g/mol. The molecule has 3 rings (SSSR count). The van der Waals surface area contributed by atoms with Crippen LogP contribution in [-0.4, -0.2) is 18.9 Å². The minimum Gasteiger partial charge on any atom is -0.326 e. The average molecular weight is 393 g/mol. The van der Waals surface area contributed by atoms with Gasteiger partial charge in [0.15, 0.2) is 0 Å². The van der Waals surface area contributed by atoms with Crippen LogP contribution in [0.15, 0.2) is 78.9 Å². The smallest absolute Gasteiger partial charge is 0.258 e. The predicted octanol–water partition coefficient (Wildman–Crippen LogP) is 5.19. The summed E-state index contributed by atoms with van der Waals surface area (Å²) in [6, 6.07) is 23.9. The minimum absolute atomic E-state index is 0.124. The molecule has 0 atom stereocenters. The lowest BCUT2D eigenvalue weighted by Crippen LogP contribution is -2.26. The Morgan fingerprint density at radius 1 is 0.929 bits per heavy atom. The van der Waals surface area contributed by atoms with Gasteiger partial charge >= 0.3 is 0 Å². The van der Waals surface area contributed by atoms with Gasteiger partial charge in [-0.25, -0.2) is 0 Å². The molecule has 0 aliphatic heterocycles. The summed E-state index contributed by atoms with van der Waals surface area (Å²) in [6.45, 7) is 0. The molecule has 0 aliphatic rings. The maximum Gasteiger partial charge on any atom is 0.258 e. The molecule has 3 aromatic carbocycles. The SMILES string of the molecule is CN(C(=O)c1cccc(NC(=O)CCc2ccccc2Cl)c1)c1ccccc1. The Bertz CT molecular complexity index is 973. The molecule has 0 aromatic heterocycles. The second-order valence-electron chi connectivity index (χ2n) is 6.42. The summed E-state index contributed by atoms with van der Waals surface area (Å²) >= 11 is 6.13. The maximum absolute atomic E-state index is 12.7. The second-order valence-corrected chi connectivity index (χ2v) is 6.83. The molecule has 28 heavy (non-hydrogen) atoms. The highest BCUT2D eigenvalue weighted by molar-refractivity contribution is 6.31. The van der Waals surface area contributed by atoms with Gasteiger partial charge in [-0.15, -0.1) is 0 Å². The third kappa shape index (κ3) is 4.99. The predicted molar refractivity (Wildman–Crippen MR) is 114 cm³/mol. The molecule has 0 radical (unpaired) electrons. The summed E-state index contributed by atoms with van der Waals surface area (Å²) in [5.74, 6) is -0.265. The molecule has 3 aromatic rings. The highest BCUT2D eigenvalue weighted by atomic mass is 35.5. The number of amides is 2. The zero-order valence-corrected chi connectivity index (χ0v) is 16.3. The third-order valence-corrected chi connectivity index (χ3v) is 4.79. The maximum atomic E-state index is 12.7. The molecule has 0 saturated heterocycles. The van der Waals surface area contributed by atoms with Gasteiger partial charge < -0.3 is 10.2 Å². The number of carbonyl (C=O) groups is 2. The van der Waals surface area contributed by atoms with Crippen molar-refractivity contribution in [3.05, 3.63) is 95.0 Å². The molecule has 0 spiro atoms. The van der Waals surface area contributed by atoms with Crippen LogP contribution in [0.25, 0.3) is 0 Å². The van der Waals surface area contributed by atoms with Gasteiger partial charge in [0.25, 0.3) is 5.91 Å². The van der Waals surface area contributed by atoms with E-state index in [-0.39, 0.29) is 11.8 Å². The molecule has 142 valence electrons. The highest BCUT2D eigenvalue weighted by Crippen LogP contribution is 2.19. The number of halogens is 1. The average Bonchev–Trinajstić information content (AvgIpc) is 2.73. The highest BCUT2D eigenvalue weighted by Gasteiger charge is 2.14. The van der Waals surface area contributed by atoms with Crippen molar-refractivity contribution in [3.8, 4) is 0 Å². The molecule has 0 bridgehead atoms.